The standard InChI is InChI=1S/C12H31N5/c13-5-1-7-15-9-3-11-17-12-4-10-16-8-2-6-14/h15-17H,1-14H2/p+4. The average molecular weight is 249 g/mol. The van der Waals surface area contributed by atoms with E-state index in [0.29, 0.717) is 0 Å². The summed E-state index contributed by atoms with van der Waals surface area (Å²) in [5.74, 6) is 0. The van der Waals surface area contributed by atoms with Crippen LogP contribution in [0.2, 0.25) is 0 Å². The molecule has 0 saturated carbocycles. The summed E-state index contributed by atoms with van der Waals surface area (Å²) in [7, 11) is 0. The van der Waals surface area contributed by atoms with Crippen molar-refractivity contribution in [2.45, 2.75) is 25.7 Å². The highest BCUT2D eigenvalue weighted by atomic mass is 14.9. The minimum atomic E-state index is 0.827. The van der Waals surface area contributed by atoms with Gasteiger partial charge < -0.3 is 27.4 Å². The zero-order valence-electron chi connectivity index (χ0n) is 11.5. The van der Waals surface area contributed by atoms with Crippen molar-refractivity contribution in [1.82, 2.24) is 0 Å². The maximum absolute atomic E-state index is 5.44. The van der Waals surface area contributed by atoms with Crippen LogP contribution in [0, 0.1) is 0 Å². The fourth-order valence-corrected chi connectivity index (χ4v) is 1.80. The number of rotatable bonds is 14. The summed E-state index contributed by atoms with van der Waals surface area (Å²) >= 11 is 0. The third-order valence-electron chi connectivity index (χ3n) is 2.90. The van der Waals surface area contributed by atoms with Gasteiger partial charge >= 0.3 is 0 Å². The second kappa shape index (κ2) is 15.8. The van der Waals surface area contributed by atoms with E-state index < -0.39 is 0 Å². The number of hydrogen-bond acceptors (Lipinski definition) is 1. The fraction of sp³-hybridized carbons (Fsp3) is 1.00. The predicted octanol–water partition coefficient (Wildman–Crippen LogP) is -4.56. The molecule has 0 unspecified atom stereocenters. The van der Waals surface area contributed by atoms with Gasteiger partial charge in [0, 0.05) is 25.7 Å². The van der Waals surface area contributed by atoms with Crippen molar-refractivity contribution >= 4 is 0 Å². The molecular weight excluding hydrogens is 214 g/mol. The molecule has 0 saturated heterocycles. The summed E-state index contributed by atoms with van der Waals surface area (Å²) in [5.41, 5.74) is 9.28. The molecule has 0 aromatic carbocycles. The van der Waals surface area contributed by atoms with Gasteiger partial charge in [-0.2, -0.15) is 0 Å². The minimum absolute atomic E-state index is 0.827. The minimum Gasteiger partial charge on any atom is -0.357 e. The van der Waals surface area contributed by atoms with Gasteiger partial charge in [0.2, 0.25) is 0 Å². The summed E-state index contributed by atoms with van der Waals surface area (Å²) < 4.78 is 0. The van der Waals surface area contributed by atoms with Gasteiger partial charge in [0.05, 0.1) is 45.8 Å². The predicted molar refractivity (Wildman–Crippen MR) is 70.3 cm³/mol. The Kier molecular flexibility index (Phi) is 15.6. The van der Waals surface area contributed by atoms with Crippen LogP contribution in [0.5, 0.6) is 0 Å². The van der Waals surface area contributed by atoms with Crippen LogP contribution in [0.4, 0.5) is 0 Å². The topological polar surface area (TPSA) is 103 Å². The molecule has 17 heavy (non-hydrogen) atoms. The molecule has 0 bridgehead atoms. The molecule has 0 radical (unpaired) electrons. The van der Waals surface area contributed by atoms with E-state index in [4.69, 9.17) is 5.73 Å². The zero-order chi connectivity index (χ0) is 12.6. The van der Waals surface area contributed by atoms with Crippen LogP contribution >= 0.6 is 0 Å². The monoisotopic (exact) mass is 249 g/mol. The van der Waals surface area contributed by atoms with Crippen molar-refractivity contribution in [1.29, 1.82) is 0 Å². The van der Waals surface area contributed by atoms with E-state index in [-0.39, 0.29) is 0 Å². The van der Waals surface area contributed by atoms with Crippen molar-refractivity contribution in [3.8, 4) is 0 Å². The molecule has 0 aromatic rings. The molecule has 0 rings (SSSR count). The van der Waals surface area contributed by atoms with E-state index in [1.165, 1.54) is 58.5 Å². The lowest BCUT2D eigenvalue weighted by Gasteiger charge is -2.02. The number of quaternary nitrogens is 4. The number of nitrogens with two attached hydrogens (primary N) is 4. The summed E-state index contributed by atoms with van der Waals surface area (Å²) in [5, 5.41) is 7.25. The van der Waals surface area contributed by atoms with Crippen molar-refractivity contribution < 1.29 is 21.7 Å². The van der Waals surface area contributed by atoms with Gasteiger partial charge in [-0.1, -0.05) is 0 Å². The first-order valence-electron chi connectivity index (χ1n) is 7.36. The maximum atomic E-state index is 5.44. The summed E-state index contributed by atoms with van der Waals surface area (Å²) in [6.45, 7) is 9.43. The molecule has 0 heterocycles. The average Bonchev–Trinajstić information content (AvgIpc) is 2.35. The quantitative estimate of drug-likeness (QED) is 0.197. The third-order valence-corrected chi connectivity index (χ3v) is 2.90. The Hall–Kier alpha value is -0.200. The molecule has 0 aliphatic carbocycles. The van der Waals surface area contributed by atoms with Crippen LogP contribution in [0.3, 0.4) is 0 Å². The second-order valence-electron chi connectivity index (χ2n) is 4.65. The molecule has 5 heteroatoms. The van der Waals surface area contributed by atoms with Crippen molar-refractivity contribution in [3.05, 3.63) is 0 Å². The molecule has 0 aliphatic heterocycles. The van der Waals surface area contributed by atoms with Crippen LogP contribution in [0.1, 0.15) is 25.7 Å². The van der Waals surface area contributed by atoms with Gasteiger partial charge in [-0.05, 0) is 6.54 Å². The Morgan fingerprint density at radius 1 is 0.647 bits per heavy atom. The van der Waals surface area contributed by atoms with E-state index >= 15 is 0 Å². The first-order chi connectivity index (χ1) is 8.41. The molecule has 5 nitrogen and oxygen atoms in total. The highest BCUT2D eigenvalue weighted by Gasteiger charge is 1.96. The Labute approximate surface area is 106 Å². The molecule has 0 atom stereocenters. The van der Waals surface area contributed by atoms with Gasteiger partial charge in [-0.15, -0.1) is 0 Å². The lowest BCUT2D eigenvalue weighted by Crippen LogP contribution is -2.90. The highest BCUT2D eigenvalue weighted by Crippen LogP contribution is 1.66. The first kappa shape index (κ1) is 16.8. The molecule has 0 aromatic heterocycles. The number of hydrogen-bond donors (Lipinski definition) is 5. The normalized spacial score (nSPS) is 10.9. The SMILES string of the molecule is NCCC[NH2+]CCC[NH2+]CCC[NH2+]CCC[NH3+]. The smallest absolute Gasteiger partial charge is 0.0809 e. The molecule has 0 amide bonds. The van der Waals surface area contributed by atoms with Gasteiger partial charge in [0.25, 0.3) is 0 Å². The molecule has 11 N–H and O–H groups in total. The van der Waals surface area contributed by atoms with Gasteiger partial charge in [0.1, 0.15) is 0 Å². The van der Waals surface area contributed by atoms with Gasteiger partial charge in [0.15, 0.2) is 0 Å². The van der Waals surface area contributed by atoms with E-state index in [0.717, 1.165) is 19.5 Å². The molecule has 104 valence electrons. The van der Waals surface area contributed by atoms with E-state index in [2.05, 4.69) is 21.7 Å². The van der Waals surface area contributed by atoms with Crippen molar-refractivity contribution in [2.75, 3.05) is 52.4 Å². The fourth-order valence-electron chi connectivity index (χ4n) is 1.80. The lowest BCUT2D eigenvalue weighted by atomic mass is 10.3. The summed E-state index contributed by atoms with van der Waals surface area (Å²) in [6, 6.07) is 0. The van der Waals surface area contributed by atoms with E-state index in [9.17, 15) is 0 Å². The first-order valence-corrected chi connectivity index (χ1v) is 7.36. The van der Waals surface area contributed by atoms with Crippen molar-refractivity contribution in [2.24, 2.45) is 5.73 Å². The van der Waals surface area contributed by atoms with Crippen LogP contribution in [-0.4, -0.2) is 52.4 Å². The van der Waals surface area contributed by atoms with E-state index in [1.807, 2.05) is 0 Å². The Balaban J connectivity index is 2.85. The second-order valence-corrected chi connectivity index (χ2v) is 4.65. The lowest BCUT2D eigenvalue weighted by molar-refractivity contribution is -0.691. The molecule has 0 spiro atoms. The van der Waals surface area contributed by atoms with Crippen LogP contribution in [0.25, 0.3) is 0 Å². The van der Waals surface area contributed by atoms with Crippen molar-refractivity contribution in [3.63, 3.8) is 0 Å². The van der Waals surface area contributed by atoms with Gasteiger partial charge in [-0.3, -0.25) is 0 Å². The molecule has 0 fully saturated rings. The largest absolute Gasteiger partial charge is 0.357 e. The molecule has 0 aliphatic rings. The van der Waals surface area contributed by atoms with E-state index in [1.54, 1.807) is 0 Å². The zero-order valence-corrected chi connectivity index (χ0v) is 11.5. The van der Waals surface area contributed by atoms with Crippen LogP contribution in [0.15, 0.2) is 0 Å². The Morgan fingerprint density at radius 2 is 1.06 bits per heavy atom. The van der Waals surface area contributed by atoms with Crippen LogP contribution < -0.4 is 27.4 Å². The summed E-state index contributed by atoms with van der Waals surface area (Å²) in [6.07, 6.45) is 5.04. The molecular formula is C12H35N5+4. The summed E-state index contributed by atoms with van der Waals surface area (Å²) in [4.78, 5) is 0. The van der Waals surface area contributed by atoms with Crippen LogP contribution in [-0.2, 0) is 0 Å². The highest BCUT2D eigenvalue weighted by molar-refractivity contribution is 4.33. The third kappa shape index (κ3) is 15.8. The Bertz CT molecular complexity index is 118. The van der Waals surface area contributed by atoms with Gasteiger partial charge in [-0.25, -0.2) is 0 Å². The Morgan fingerprint density at radius 3 is 1.47 bits per heavy atom. The maximum Gasteiger partial charge on any atom is 0.0809 e.